The molecule has 1 fully saturated rings. The van der Waals surface area contributed by atoms with Gasteiger partial charge in [0.2, 0.25) is 0 Å². The molecule has 0 saturated carbocycles. The first kappa shape index (κ1) is 10.5. The van der Waals surface area contributed by atoms with Crippen molar-refractivity contribution >= 4 is 5.97 Å². The molecule has 76 valence electrons. The molecule has 0 radical (unpaired) electrons. The van der Waals surface area contributed by atoms with Gasteiger partial charge in [0.1, 0.15) is 0 Å². The number of hydrogen-bond acceptors (Lipinski definition) is 4. The highest BCUT2D eigenvalue weighted by Crippen LogP contribution is 2.31. The monoisotopic (exact) mass is 188 g/mol. The van der Waals surface area contributed by atoms with Crippen molar-refractivity contribution in [2.24, 2.45) is 0 Å². The number of esters is 1. The van der Waals surface area contributed by atoms with Gasteiger partial charge in [0, 0.05) is 13.5 Å². The van der Waals surface area contributed by atoms with Crippen LogP contribution in [-0.2, 0) is 19.0 Å². The first-order valence-electron chi connectivity index (χ1n) is 4.28. The summed E-state index contributed by atoms with van der Waals surface area (Å²) in [6.45, 7) is 3.86. The Morgan fingerprint density at radius 2 is 2.08 bits per heavy atom. The predicted octanol–water partition coefficient (Wildman–Crippen LogP) is 0.742. The third-order valence-electron chi connectivity index (χ3n) is 2.21. The van der Waals surface area contributed by atoms with Gasteiger partial charge in [-0.05, 0) is 13.8 Å². The number of hydrogen-bond donors (Lipinski definition) is 0. The minimum Gasteiger partial charge on any atom is -0.467 e. The molecule has 0 aromatic rings. The molecule has 13 heavy (non-hydrogen) atoms. The smallest absolute Gasteiger partial charge is 0.337 e. The molecule has 4 heteroatoms. The maximum Gasteiger partial charge on any atom is 0.337 e. The van der Waals surface area contributed by atoms with E-state index in [2.05, 4.69) is 4.74 Å². The van der Waals surface area contributed by atoms with E-state index in [-0.39, 0.29) is 17.7 Å². The summed E-state index contributed by atoms with van der Waals surface area (Å²) in [7, 11) is 2.93. The zero-order chi connectivity index (χ0) is 10.1. The van der Waals surface area contributed by atoms with E-state index < -0.39 is 6.10 Å². The van der Waals surface area contributed by atoms with Crippen molar-refractivity contribution in [1.29, 1.82) is 0 Å². The summed E-state index contributed by atoms with van der Waals surface area (Å²) in [5.41, 5.74) is -0.306. The van der Waals surface area contributed by atoms with Crippen LogP contribution in [0.5, 0.6) is 0 Å². The van der Waals surface area contributed by atoms with Crippen LogP contribution in [0.2, 0.25) is 0 Å². The van der Waals surface area contributed by atoms with Gasteiger partial charge in [-0.3, -0.25) is 0 Å². The summed E-state index contributed by atoms with van der Waals surface area (Å²) in [4.78, 5) is 11.2. The zero-order valence-corrected chi connectivity index (χ0v) is 8.49. The van der Waals surface area contributed by atoms with Gasteiger partial charge in [-0.25, -0.2) is 4.79 Å². The van der Waals surface area contributed by atoms with Crippen molar-refractivity contribution in [2.75, 3.05) is 14.2 Å². The van der Waals surface area contributed by atoms with Gasteiger partial charge in [-0.1, -0.05) is 0 Å². The van der Waals surface area contributed by atoms with E-state index in [0.717, 1.165) is 0 Å². The van der Waals surface area contributed by atoms with Crippen molar-refractivity contribution < 1.29 is 19.0 Å². The fourth-order valence-corrected chi connectivity index (χ4v) is 1.58. The van der Waals surface area contributed by atoms with Crippen LogP contribution in [0.3, 0.4) is 0 Å². The number of carbonyl (C=O) groups is 1. The SMILES string of the molecule is COC(=O)[C@H]1OC(C)(C)C[C@H]1OC. The third-order valence-corrected chi connectivity index (χ3v) is 2.21. The highest BCUT2D eigenvalue weighted by Gasteiger charge is 2.45. The summed E-state index contributed by atoms with van der Waals surface area (Å²) < 4.78 is 15.3. The summed E-state index contributed by atoms with van der Waals surface area (Å²) in [6.07, 6.45) is -0.0593. The molecule has 0 N–H and O–H groups in total. The molecule has 0 amide bonds. The molecule has 4 nitrogen and oxygen atoms in total. The highest BCUT2D eigenvalue weighted by atomic mass is 16.6. The first-order valence-corrected chi connectivity index (χ1v) is 4.28. The topological polar surface area (TPSA) is 44.8 Å². The Morgan fingerprint density at radius 3 is 2.54 bits per heavy atom. The van der Waals surface area contributed by atoms with Gasteiger partial charge in [-0.15, -0.1) is 0 Å². The van der Waals surface area contributed by atoms with Crippen LogP contribution in [0.1, 0.15) is 20.3 Å². The van der Waals surface area contributed by atoms with E-state index >= 15 is 0 Å². The van der Waals surface area contributed by atoms with E-state index in [1.54, 1.807) is 7.11 Å². The number of carbonyl (C=O) groups excluding carboxylic acids is 1. The fourth-order valence-electron chi connectivity index (χ4n) is 1.58. The Kier molecular flexibility index (Phi) is 2.93. The Hall–Kier alpha value is -0.610. The van der Waals surface area contributed by atoms with Crippen LogP contribution in [0, 0.1) is 0 Å². The van der Waals surface area contributed by atoms with Gasteiger partial charge in [0.15, 0.2) is 6.10 Å². The van der Waals surface area contributed by atoms with Crippen LogP contribution < -0.4 is 0 Å². The molecule has 1 aliphatic rings. The lowest BCUT2D eigenvalue weighted by molar-refractivity contribution is -0.161. The van der Waals surface area contributed by atoms with Crippen LogP contribution in [0.4, 0.5) is 0 Å². The molecule has 0 aliphatic carbocycles. The Bertz CT molecular complexity index is 200. The average Bonchev–Trinajstić information content (AvgIpc) is 2.39. The van der Waals surface area contributed by atoms with Crippen molar-refractivity contribution in [3.63, 3.8) is 0 Å². The van der Waals surface area contributed by atoms with Gasteiger partial charge >= 0.3 is 5.97 Å². The average molecular weight is 188 g/mol. The molecule has 1 rings (SSSR count). The number of ether oxygens (including phenoxy) is 3. The van der Waals surface area contributed by atoms with Gasteiger partial charge in [-0.2, -0.15) is 0 Å². The Morgan fingerprint density at radius 1 is 1.46 bits per heavy atom. The highest BCUT2D eigenvalue weighted by molar-refractivity contribution is 5.75. The maximum absolute atomic E-state index is 11.2. The molecule has 0 aromatic carbocycles. The molecule has 1 heterocycles. The van der Waals surface area contributed by atoms with Gasteiger partial charge in [0.25, 0.3) is 0 Å². The van der Waals surface area contributed by atoms with Crippen LogP contribution in [0.25, 0.3) is 0 Å². The number of methoxy groups -OCH3 is 2. The Labute approximate surface area is 78.2 Å². The Balaban J connectivity index is 2.69. The molecule has 1 aliphatic heterocycles. The van der Waals surface area contributed by atoms with E-state index in [9.17, 15) is 4.79 Å². The maximum atomic E-state index is 11.2. The van der Waals surface area contributed by atoms with Gasteiger partial charge < -0.3 is 14.2 Å². The number of rotatable bonds is 2. The van der Waals surface area contributed by atoms with Crippen molar-refractivity contribution in [1.82, 2.24) is 0 Å². The van der Waals surface area contributed by atoms with E-state index in [0.29, 0.717) is 6.42 Å². The zero-order valence-electron chi connectivity index (χ0n) is 8.49. The second-order valence-corrected chi connectivity index (χ2v) is 3.80. The standard InChI is InChI=1S/C9H16O4/c1-9(2)5-6(11-3)7(13-9)8(10)12-4/h6-7H,5H2,1-4H3/t6-,7+/m1/s1. The quantitative estimate of drug-likeness (QED) is 0.600. The molecule has 1 saturated heterocycles. The summed E-state index contributed by atoms with van der Waals surface area (Å²) in [5, 5.41) is 0. The van der Waals surface area contributed by atoms with Crippen molar-refractivity contribution in [3.05, 3.63) is 0 Å². The van der Waals surface area contributed by atoms with Gasteiger partial charge in [0.05, 0.1) is 18.8 Å². The minimum absolute atomic E-state index is 0.192. The summed E-state index contributed by atoms with van der Waals surface area (Å²) in [6, 6.07) is 0. The molecule has 2 atom stereocenters. The fraction of sp³-hybridized carbons (Fsp3) is 0.889. The lowest BCUT2D eigenvalue weighted by Gasteiger charge is -2.17. The van der Waals surface area contributed by atoms with Crippen LogP contribution in [0.15, 0.2) is 0 Å². The van der Waals surface area contributed by atoms with Crippen molar-refractivity contribution in [3.8, 4) is 0 Å². The second-order valence-electron chi connectivity index (χ2n) is 3.80. The molecule has 0 unspecified atom stereocenters. The molecule has 0 bridgehead atoms. The second kappa shape index (κ2) is 3.64. The third kappa shape index (κ3) is 2.19. The van der Waals surface area contributed by atoms with Crippen LogP contribution in [-0.4, -0.2) is 38.0 Å². The molecular weight excluding hydrogens is 172 g/mol. The predicted molar refractivity (Wildman–Crippen MR) is 46.4 cm³/mol. The molecule has 0 spiro atoms. The lowest BCUT2D eigenvalue weighted by atomic mass is 10.0. The summed E-state index contributed by atoms with van der Waals surface area (Å²) >= 11 is 0. The molecule has 0 aromatic heterocycles. The molecular formula is C9H16O4. The normalized spacial score (nSPS) is 31.7. The van der Waals surface area contributed by atoms with E-state index in [1.165, 1.54) is 7.11 Å². The largest absolute Gasteiger partial charge is 0.467 e. The van der Waals surface area contributed by atoms with E-state index in [4.69, 9.17) is 9.47 Å². The lowest BCUT2D eigenvalue weighted by Crippen LogP contribution is -2.33. The van der Waals surface area contributed by atoms with Crippen molar-refractivity contribution in [2.45, 2.75) is 38.1 Å². The minimum atomic E-state index is -0.579. The van der Waals surface area contributed by atoms with E-state index in [1.807, 2.05) is 13.8 Å². The summed E-state index contributed by atoms with van der Waals surface area (Å²) in [5.74, 6) is -0.363. The van der Waals surface area contributed by atoms with Crippen LogP contribution >= 0.6 is 0 Å². The first-order chi connectivity index (χ1) is 6.00.